The highest BCUT2D eigenvalue weighted by atomic mass is 35.5. The average Bonchev–Trinajstić information content (AvgIpc) is 2.46. The van der Waals surface area contributed by atoms with Crippen molar-refractivity contribution in [1.82, 2.24) is 0 Å². The second-order valence-corrected chi connectivity index (χ2v) is 4.76. The van der Waals surface area contributed by atoms with Crippen molar-refractivity contribution in [2.45, 2.75) is 13.3 Å². The van der Waals surface area contributed by atoms with Crippen LogP contribution in [0.3, 0.4) is 0 Å². The summed E-state index contributed by atoms with van der Waals surface area (Å²) in [6, 6.07) is 15.9. The second kappa shape index (κ2) is 5.77. The highest BCUT2D eigenvalue weighted by Crippen LogP contribution is 2.28. The maximum Gasteiger partial charge on any atom is 0.101 e. The Kier molecular flexibility index (Phi) is 4.09. The summed E-state index contributed by atoms with van der Waals surface area (Å²) in [5.41, 5.74) is 3.88. The third-order valence-electron chi connectivity index (χ3n) is 3.19. The standard InChI is InChI=1S/C16H15ClN2/c1-3-12-4-7-14(8-5-12)19(2)15-9-6-13(11-18)16(17)10-15/h4-10H,3H2,1-2H3. The first-order valence-electron chi connectivity index (χ1n) is 6.18. The molecule has 0 atom stereocenters. The van der Waals surface area contributed by atoms with Gasteiger partial charge >= 0.3 is 0 Å². The minimum absolute atomic E-state index is 0.483. The lowest BCUT2D eigenvalue weighted by Crippen LogP contribution is -2.09. The monoisotopic (exact) mass is 270 g/mol. The third kappa shape index (κ3) is 2.89. The molecular formula is C16H15ClN2. The number of hydrogen-bond acceptors (Lipinski definition) is 2. The first-order valence-corrected chi connectivity index (χ1v) is 6.56. The van der Waals surface area contributed by atoms with E-state index in [0.717, 1.165) is 17.8 Å². The first-order chi connectivity index (χ1) is 9.15. The highest BCUT2D eigenvalue weighted by Gasteiger charge is 2.07. The van der Waals surface area contributed by atoms with Gasteiger partial charge < -0.3 is 4.90 Å². The molecule has 0 saturated heterocycles. The Morgan fingerprint density at radius 2 is 1.74 bits per heavy atom. The quantitative estimate of drug-likeness (QED) is 0.819. The molecule has 0 aliphatic carbocycles. The molecule has 0 unspecified atom stereocenters. The third-order valence-corrected chi connectivity index (χ3v) is 3.51. The summed E-state index contributed by atoms with van der Waals surface area (Å²) in [7, 11) is 1.98. The van der Waals surface area contributed by atoms with E-state index < -0.39 is 0 Å². The molecule has 19 heavy (non-hydrogen) atoms. The van der Waals surface area contributed by atoms with Crippen LogP contribution in [0.2, 0.25) is 5.02 Å². The number of hydrogen-bond donors (Lipinski definition) is 0. The fourth-order valence-corrected chi connectivity index (χ4v) is 2.12. The Bertz CT molecular complexity index is 612. The molecular weight excluding hydrogens is 256 g/mol. The second-order valence-electron chi connectivity index (χ2n) is 4.35. The SMILES string of the molecule is CCc1ccc(N(C)c2ccc(C#N)c(Cl)c2)cc1. The van der Waals surface area contributed by atoms with E-state index in [0.29, 0.717) is 10.6 Å². The molecule has 0 radical (unpaired) electrons. The van der Waals surface area contributed by atoms with Crippen LogP contribution in [0, 0.1) is 11.3 Å². The molecule has 0 saturated carbocycles. The summed E-state index contributed by atoms with van der Waals surface area (Å²) < 4.78 is 0. The molecule has 96 valence electrons. The van der Waals surface area contributed by atoms with E-state index >= 15 is 0 Å². The highest BCUT2D eigenvalue weighted by molar-refractivity contribution is 6.32. The molecule has 2 aromatic carbocycles. The summed E-state index contributed by atoms with van der Waals surface area (Å²) in [6.45, 7) is 2.14. The minimum atomic E-state index is 0.483. The van der Waals surface area contributed by atoms with Crippen LogP contribution in [-0.4, -0.2) is 7.05 Å². The van der Waals surface area contributed by atoms with E-state index in [2.05, 4.69) is 37.3 Å². The maximum atomic E-state index is 8.87. The number of nitrogens with zero attached hydrogens (tertiary/aromatic N) is 2. The van der Waals surface area contributed by atoms with E-state index in [1.165, 1.54) is 5.56 Å². The van der Waals surface area contributed by atoms with Gasteiger partial charge in [-0.15, -0.1) is 0 Å². The predicted octanol–water partition coefficient (Wildman–Crippen LogP) is 4.54. The van der Waals surface area contributed by atoms with Gasteiger partial charge in [-0.1, -0.05) is 30.7 Å². The molecule has 0 amide bonds. The molecule has 0 N–H and O–H groups in total. The Hall–Kier alpha value is -1.98. The van der Waals surface area contributed by atoms with Crippen LogP contribution in [0.1, 0.15) is 18.1 Å². The molecule has 0 aliphatic heterocycles. The summed E-state index contributed by atoms with van der Waals surface area (Å²) in [5, 5.41) is 9.36. The van der Waals surface area contributed by atoms with Gasteiger partial charge in [0.1, 0.15) is 6.07 Å². The number of nitriles is 1. The Morgan fingerprint density at radius 1 is 1.11 bits per heavy atom. The van der Waals surface area contributed by atoms with Crippen LogP contribution in [0.5, 0.6) is 0 Å². The number of anilines is 2. The Labute approximate surface area is 118 Å². The molecule has 0 heterocycles. The van der Waals surface area contributed by atoms with Crippen LogP contribution in [-0.2, 0) is 6.42 Å². The zero-order chi connectivity index (χ0) is 13.8. The predicted molar refractivity (Wildman–Crippen MR) is 80.1 cm³/mol. The number of halogens is 1. The van der Waals surface area contributed by atoms with E-state index in [1.54, 1.807) is 6.07 Å². The van der Waals surface area contributed by atoms with Crippen molar-refractivity contribution in [2.24, 2.45) is 0 Å². The molecule has 0 spiro atoms. The van der Waals surface area contributed by atoms with Crippen molar-refractivity contribution in [3.8, 4) is 6.07 Å². The zero-order valence-corrected chi connectivity index (χ0v) is 11.8. The van der Waals surface area contributed by atoms with Gasteiger partial charge in [-0.3, -0.25) is 0 Å². The van der Waals surface area contributed by atoms with Gasteiger partial charge in [0.2, 0.25) is 0 Å². The van der Waals surface area contributed by atoms with Crippen molar-refractivity contribution < 1.29 is 0 Å². The molecule has 0 aliphatic rings. The van der Waals surface area contributed by atoms with Crippen LogP contribution in [0.15, 0.2) is 42.5 Å². The summed E-state index contributed by atoms with van der Waals surface area (Å²) in [5.74, 6) is 0. The van der Waals surface area contributed by atoms with Crippen molar-refractivity contribution in [3.05, 3.63) is 58.6 Å². The van der Waals surface area contributed by atoms with Gasteiger partial charge in [0.15, 0.2) is 0 Å². The van der Waals surface area contributed by atoms with Gasteiger partial charge in [-0.2, -0.15) is 5.26 Å². The topological polar surface area (TPSA) is 27.0 Å². The van der Waals surface area contributed by atoms with Gasteiger partial charge in [0.25, 0.3) is 0 Å². The number of rotatable bonds is 3. The van der Waals surface area contributed by atoms with Gasteiger partial charge in [-0.25, -0.2) is 0 Å². The maximum absolute atomic E-state index is 8.87. The van der Waals surface area contributed by atoms with Crippen LogP contribution in [0.4, 0.5) is 11.4 Å². The normalized spacial score (nSPS) is 10.0. The van der Waals surface area contributed by atoms with Crippen LogP contribution < -0.4 is 4.90 Å². The van der Waals surface area contributed by atoms with Crippen molar-refractivity contribution in [2.75, 3.05) is 11.9 Å². The largest absolute Gasteiger partial charge is 0.345 e. The van der Waals surface area contributed by atoms with Crippen LogP contribution in [0.25, 0.3) is 0 Å². The zero-order valence-electron chi connectivity index (χ0n) is 11.0. The molecule has 0 bridgehead atoms. The summed E-state index contributed by atoms with van der Waals surface area (Å²) in [6.07, 6.45) is 1.03. The number of aryl methyl sites for hydroxylation is 1. The first kappa shape index (κ1) is 13.5. The molecule has 0 fully saturated rings. The minimum Gasteiger partial charge on any atom is -0.345 e. The van der Waals surface area contributed by atoms with Crippen molar-refractivity contribution in [3.63, 3.8) is 0 Å². The fraction of sp³-hybridized carbons (Fsp3) is 0.188. The lowest BCUT2D eigenvalue weighted by atomic mass is 10.1. The molecule has 0 aromatic heterocycles. The van der Waals surface area contributed by atoms with E-state index in [4.69, 9.17) is 16.9 Å². The average molecular weight is 271 g/mol. The molecule has 2 nitrogen and oxygen atoms in total. The molecule has 2 aromatic rings. The molecule has 3 heteroatoms. The van der Waals surface area contributed by atoms with E-state index in [-0.39, 0.29) is 0 Å². The summed E-state index contributed by atoms with van der Waals surface area (Å²) in [4.78, 5) is 2.05. The summed E-state index contributed by atoms with van der Waals surface area (Å²) >= 11 is 6.06. The van der Waals surface area contributed by atoms with Gasteiger partial charge in [0.05, 0.1) is 10.6 Å². The Balaban J connectivity index is 2.30. The smallest absolute Gasteiger partial charge is 0.101 e. The lowest BCUT2D eigenvalue weighted by molar-refractivity contribution is 1.13. The van der Waals surface area contributed by atoms with Crippen molar-refractivity contribution in [1.29, 1.82) is 5.26 Å². The van der Waals surface area contributed by atoms with E-state index in [9.17, 15) is 0 Å². The van der Waals surface area contributed by atoms with Crippen LogP contribution >= 0.6 is 11.6 Å². The fourth-order valence-electron chi connectivity index (χ4n) is 1.91. The van der Waals surface area contributed by atoms with Crippen molar-refractivity contribution >= 4 is 23.0 Å². The molecule has 2 rings (SSSR count). The van der Waals surface area contributed by atoms with E-state index in [1.807, 2.05) is 24.1 Å². The number of benzene rings is 2. The lowest BCUT2D eigenvalue weighted by Gasteiger charge is -2.20. The van der Waals surface area contributed by atoms with Gasteiger partial charge in [0, 0.05) is 18.4 Å². The Morgan fingerprint density at radius 3 is 2.26 bits per heavy atom. The van der Waals surface area contributed by atoms with Gasteiger partial charge in [-0.05, 0) is 42.3 Å².